The maximum absolute atomic E-state index is 14.0. The first kappa shape index (κ1) is 16.0. The van der Waals surface area contributed by atoms with Crippen molar-refractivity contribution in [2.45, 2.75) is 25.2 Å². The summed E-state index contributed by atoms with van der Waals surface area (Å²) in [4.78, 5) is 15.9. The predicted molar refractivity (Wildman–Crippen MR) is 130 cm³/mol. The third kappa shape index (κ3) is 3.42. The Labute approximate surface area is 203 Å². The van der Waals surface area contributed by atoms with E-state index in [1.54, 1.807) is 22.9 Å². The van der Waals surface area contributed by atoms with Gasteiger partial charge in [-0.15, -0.1) is 0 Å². The molecule has 1 aromatic heterocycles. The van der Waals surface area contributed by atoms with Crippen LogP contribution in [0.1, 0.15) is 52.7 Å². The van der Waals surface area contributed by atoms with Gasteiger partial charge in [-0.1, -0.05) is 12.1 Å². The number of ether oxygens (including phenoxy) is 1. The standard InChI is InChI=1S/C28H23FN2O3/c29-22-5-7-23(8-6-22)31-25-14-21-16-30-15-20(21)13-24(25)26(27(31)18-9-11-34-12-10-18)17-1-3-19(4-2-17)28(32)33/h1-8,13-14,16,18H,9-12,15H2,(H,32,33)/i9D2,10D2,18D. The molecule has 6 rings (SSSR count). The number of aromatic nitrogens is 1. The summed E-state index contributed by atoms with van der Waals surface area (Å²) in [6.45, 7) is -0.565. The molecule has 34 heavy (non-hydrogen) atoms. The van der Waals surface area contributed by atoms with Crippen LogP contribution in [0, 0.1) is 5.82 Å². The molecule has 0 spiro atoms. The molecule has 6 heteroatoms. The number of aromatic carboxylic acids is 1. The smallest absolute Gasteiger partial charge is 0.335 e. The predicted octanol–water partition coefficient (Wildman–Crippen LogP) is 5.96. The van der Waals surface area contributed by atoms with Crippen molar-refractivity contribution in [2.24, 2.45) is 4.99 Å². The van der Waals surface area contributed by atoms with Gasteiger partial charge >= 0.3 is 5.97 Å². The molecule has 0 bridgehead atoms. The van der Waals surface area contributed by atoms with E-state index in [0.717, 1.165) is 11.1 Å². The van der Waals surface area contributed by atoms with E-state index in [-0.39, 0.29) is 11.3 Å². The Hall–Kier alpha value is -3.77. The van der Waals surface area contributed by atoms with Crippen molar-refractivity contribution in [3.05, 3.63) is 88.9 Å². The lowest BCUT2D eigenvalue weighted by Crippen LogP contribution is -2.17. The Balaban J connectivity index is 1.81. The largest absolute Gasteiger partial charge is 0.478 e. The minimum atomic E-state index is -2.48. The van der Waals surface area contributed by atoms with E-state index in [1.807, 2.05) is 12.1 Å². The molecule has 1 fully saturated rings. The lowest BCUT2D eigenvalue weighted by molar-refractivity contribution is 0.0697. The van der Waals surface area contributed by atoms with E-state index in [2.05, 4.69) is 4.99 Å². The van der Waals surface area contributed by atoms with E-state index >= 15 is 0 Å². The second kappa shape index (κ2) is 8.22. The number of carbonyl (C=O) groups is 1. The fraction of sp³-hybridized carbons (Fsp3) is 0.214. The minimum absolute atomic E-state index is 0.0334. The summed E-state index contributed by atoms with van der Waals surface area (Å²) in [6.07, 6.45) is -3.22. The molecule has 0 saturated carbocycles. The molecule has 170 valence electrons. The molecule has 0 atom stereocenters. The molecule has 3 aromatic carbocycles. The Morgan fingerprint density at radius 3 is 2.56 bits per heavy atom. The van der Waals surface area contributed by atoms with Gasteiger partial charge in [-0.25, -0.2) is 9.18 Å². The molecule has 4 aromatic rings. The summed E-state index contributed by atoms with van der Waals surface area (Å²) in [5, 5.41) is 10.1. The van der Waals surface area contributed by atoms with Crippen LogP contribution in [0.4, 0.5) is 4.39 Å². The quantitative estimate of drug-likeness (QED) is 0.409. The number of benzene rings is 3. The highest BCUT2D eigenvalue weighted by molar-refractivity contribution is 6.03. The number of aliphatic imine (C=N–C) groups is 1. The average molecular weight is 460 g/mol. The number of fused-ring (bicyclic) bond motifs is 2. The van der Waals surface area contributed by atoms with Gasteiger partial charge in [-0.05, 0) is 78.0 Å². The molecule has 0 aliphatic carbocycles. The first-order valence-corrected chi connectivity index (χ1v) is 10.8. The molecule has 2 aliphatic heterocycles. The Morgan fingerprint density at radius 2 is 1.85 bits per heavy atom. The topological polar surface area (TPSA) is 63.8 Å². The van der Waals surface area contributed by atoms with Crippen molar-refractivity contribution < 1.29 is 25.9 Å². The number of rotatable bonds is 4. The van der Waals surface area contributed by atoms with Gasteiger partial charge in [0.15, 0.2) is 0 Å². The number of carboxylic acid groups (broad SMARTS) is 1. The van der Waals surface area contributed by atoms with Crippen molar-refractivity contribution in [2.75, 3.05) is 13.2 Å². The van der Waals surface area contributed by atoms with Gasteiger partial charge < -0.3 is 14.4 Å². The number of halogens is 1. The molecule has 3 heterocycles. The molecule has 0 radical (unpaired) electrons. The van der Waals surface area contributed by atoms with E-state index in [9.17, 15) is 15.7 Å². The van der Waals surface area contributed by atoms with Crippen LogP contribution in [0.25, 0.3) is 27.7 Å². The summed E-state index contributed by atoms with van der Waals surface area (Å²) in [5.74, 6) is -4.07. The summed E-state index contributed by atoms with van der Waals surface area (Å²) < 4.78 is 66.0. The molecule has 0 amide bonds. The zero-order chi connectivity index (χ0) is 27.7. The highest BCUT2D eigenvalue weighted by Crippen LogP contribution is 2.44. The van der Waals surface area contributed by atoms with Crippen LogP contribution in [0.15, 0.2) is 65.7 Å². The highest BCUT2D eigenvalue weighted by atomic mass is 19.1. The molecule has 1 N–H and O–H groups in total. The first-order chi connectivity index (χ1) is 18.4. The van der Waals surface area contributed by atoms with E-state index in [1.165, 1.54) is 36.4 Å². The van der Waals surface area contributed by atoms with Crippen LogP contribution in [-0.4, -0.2) is 35.1 Å². The maximum atomic E-state index is 14.0. The molecule has 2 aliphatic rings. The lowest BCUT2D eigenvalue weighted by Gasteiger charge is -2.26. The third-order valence-electron chi connectivity index (χ3n) is 6.16. The Bertz CT molecular complexity index is 1650. The van der Waals surface area contributed by atoms with Crippen LogP contribution in [-0.2, 0) is 11.3 Å². The van der Waals surface area contributed by atoms with Gasteiger partial charge in [0.2, 0.25) is 0 Å². The lowest BCUT2D eigenvalue weighted by atomic mass is 9.89. The fourth-order valence-corrected chi connectivity index (χ4v) is 4.59. The van der Waals surface area contributed by atoms with Crippen molar-refractivity contribution in [1.82, 2.24) is 4.57 Å². The van der Waals surface area contributed by atoms with Gasteiger partial charge in [-0.2, -0.15) is 0 Å². The summed E-state index contributed by atoms with van der Waals surface area (Å²) >= 11 is 0. The van der Waals surface area contributed by atoms with Crippen molar-refractivity contribution >= 4 is 23.1 Å². The second-order valence-corrected chi connectivity index (χ2v) is 8.18. The Kier molecular flexibility index (Phi) is 3.86. The second-order valence-electron chi connectivity index (χ2n) is 8.18. The zero-order valence-corrected chi connectivity index (χ0v) is 18.0. The molecule has 5 nitrogen and oxygen atoms in total. The number of hydrogen-bond acceptors (Lipinski definition) is 3. The van der Waals surface area contributed by atoms with Crippen molar-refractivity contribution in [3.8, 4) is 16.8 Å². The SMILES string of the molecule is [2H]C1([2H])COCC([2H])([2H])C1([2H])c1c(-c2ccc(C(=O)O)cc2)c2cc3c(cc2n1-c1ccc(F)cc1)C=NC3. The minimum Gasteiger partial charge on any atom is -0.478 e. The molecular formula is C28H23FN2O3. The fourth-order valence-electron chi connectivity index (χ4n) is 4.59. The number of hydrogen-bond donors (Lipinski definition) is 1. The Morgan fingerprint density at radius 1 is 1.12 bits per heavy atom. The highest BCUT2D eigenvalue weighted by Gasteiger charge is 2.29. The summed E-state index contributed by atoms with van der Waals surface area (Å²) in [6, 6.07) is 15.3. The first-order valence-electron chi connectivity index (χ1n) is 13.3. The van der Waals surface area contributed by atoms with Gasteiger partial charge in [0.25, 0.3) is 0 Å². The normalized spacial score (nSPS) is 21.7. The molecular weight excluding hydrogens is 431 g/mol. The summed E-state index contributed by atoms with van der Waals surface area (Å²) in [5.41, 5.74) is 3.69. The summed E-state index contributed by atoms with van der Waals surface area (Å²) in [7, 11) is 0. The zero-order valence-electron chi connectivity index (χ0n) is 23.0. The van der Waals surface area contributed by atoms with Gasteiger partial charge in [0.05, 0.1) is 17.6 Å². The van der Waals surface area contributed by atoms with Gasteiger partial charge in [0.1, 0.15) is 5.82 Å². The molecule has 1 saturated heterocycles. The van der Waals surface area contributed by atoms with E-state index < -0.39 is 43.6 Å². The van der Waals surface area contributed by atoms with Gasteiger partial charge in [0, 0.05) is 54.5 Å². The van der Waals surface area contributed by atoms with Crippen molar-refractivity contribution in [3.63, 3.8) is 0 Å². The molecule has 0 unspecified atom stereocenters. The van der Waals surface area contributed by atoms with Crippen LogP contribution < -0.4 is 0 Å². The number of carboxylic acids is 1. The van der Waals surface area contributed by atoms with Crippen LogP contribution >= 0.6 is 0 Å². The van der Waals surface area contributed by atoms with Crippen LogP contribution in [0.2, 0.25) is 0 Å². The van der Waals surface area contributed by atoms with Crippen molar-refractivity contribution in [1.29, 1.82) is 0 Å². The monoisotopic (exact) mass is 459 g/mol. The number of nitrogens with zero attached hydrogens (tertiary/aromatic N) is 2. The van der Waals surface area contributed by atoms with Gasteiger partial charge in [-0.3, -0.25) is 4.99 Å². The van der Waals surface area contributed by atoms with E-state index in [0.29, 0.717) is 34.3 Å². The maximum Gasteiger partial charge on any atom is 0.335 e. The van der Waals surface area contributed by atoms with Crippen LogP contribution in [0.5, 0.6) is 0 Å². The third-order valence-corrected chi connectivity index (χ3v) is 6.16. The van der Waals surface area contributed by atoms with Crippen LogP contribution in [0.3, 0.4) is 0 Å². The van der Waals surface area contributed by atoms with E-state index in [4.69, 9.17) is 10.2 Å². The average Bonchev–Trinajstić information content (AvgIpc) is 3.48.